The van der Waals surface area contributed by atoms with Gasteiger partial charge in [-0.15, -0.1) is 11.8 Å². The maximum atomic E-state index is 12.8. The highest BCUT2D eigenvalue weighted by Gasteiger charge is 2.26. The highest BCUT2D eigenvalue weighted by molar-refractivity contribution is 7.98. The Labute approximate surface area is 187 Å². The lowest BCUT2D eigenvalue weighted by atomic mass is 9.96. The Morgan fingerprint density at radius 2 is 1.74 bits per heavy atom. The first-order valence-electron chi connectivity index (χ1n) is 10.5. The molecule has 0 atom stereocenters. The molecular weight excluding hydrogens is 412 g/mol. The smallest absolute Gasteiger partial charge is 0.309 e. The van der Waals surface area contributed by atoms with Crippen LogP contribution in [0.2, 0.25) is 0 Å². The average Bonchev–Trinajstić information content (AvgIpc) is 2.83. The van der Waals surface area contributed by atoms with Gasteiger partial charge in [0.15, 0.2) is 0 Å². The van der Waals surface area contributed by atoms with Crippen molar-refractivity contribution in [2.45, 2.75) is 24.3 Å². The molecular formula is C23H28N4O3S. The number of nitrogens with zero attached hydrogens (tertiary/aromatic N) is 2. The normalized spacial score (nSPS) is 14.2. The van der Waals surface area contributed by atoms with Gasteiger partial charge in [0.1, 0.15) is 5.03 Å². The fourth-order valence-electron chi connectivity index (χ4n) is 3.59. The van der Waals surface area contributed by atoms with Crippen LogP contribution in [0.3, 0.4) is 0 Å². The van der Waals surface area contributed by atoms with Crippen molar-refractivity contribution in [2.24, 2.45) is 5.92 Å². The largest absolute Gasteiger partial charge is 0.348 e. The van der Waals surface area contributed by atoms with E-state index in [-0.39, 0.29) is 11.8 Å². The highest BCUT2D eigenvalue weighted by atomic mass is 32.2. The Bertz CT molecular complexity index is 899. The Kier molecular flexibility index (Phi) is 8.46. The predicted octanol–water partition coefficient (Wildman–Crippen LogP) is 2.13. The minimum absolute atomic E-state index is 0.00210. The molecule has 0 unspecified atom stereocenters. The summed E-state index contributed by atoms with van der Waals surface area (Å²) >= 11 is 1.46. The number of carbonyl (C=O) groups excluding carboxylic acids is 3. The summed E-state index contributed by atoms with van der Waals surface area (Å²) in [6, 6.07) is 13.4. The summed E-state index contributed by atoms with van der Waals surface area (Å²) in [6.07, 6.45) is 5.86. The fraction of sp³-hybridized carbons (Fsp3) is 0.391. The second-order valence-electron chi connectivity index (χ2n) is 7.50. The molecule has 2 heterocycles. The molecule has 1 aromatic carbocycles. The minimum Gasteiger partial charge on any atom is -0.348 e. The topological polar surface area (TPSA) is 91.4 Å². The third-order valence-corrected chi connectivity index (χ3v) is 6.11. The number of carbonyl (C=O) groups is 3. The molecule has 0 spiro atoms. The molecule has 31 heavy (non-hydrogen) atoms. The minimum atomic E-state index is -0.607. The molecule has 0 aliphatic carbocycles. The zero-order valence-electron chi connectivity index (χ0n) is 17.7. The van der Waals surface area contributed by atoms with Crippen molar-refractivity contribution in [1.29, 1.82) is 0 Å². The molecule has 8 heteroatoms. The number of aromatic nitrogens is 1. The summed E-state index contributed by atoms with van der Waals surface area (Å²) in [5.74, 6) is -0.965. The third-order valence-electron chi connectivity index (χ3n) is 5.40. The Morgan fingerprint density at radius 3 is 2.45 bits per heavy atom. The molecule has 164 valence electrons. The van der Waals surface area contributed by atoms with E-state index in [9.17, 15) is 14.4 Å². The van der Waals surface area contributed by atoms with Crippen LogP contribution >= 0.6 is 11.8 Å². The van der Waals surface area contributed by atoms with Gasteiger partial charge in [0.05, 0.1) is 5.56 Å². The lowest BCUT2D eigenvalue weighted by Gasteiger charge is -2.32. The number of amides is 3. The van der Waals surface area contributed by atoms with E-state index in [1.807, 2.05) is 47.6 Å². The van der Waals surface area contributed by atoms with Gasteiger partial charge in [-0.25, -0.2) is 4.98 Å². The molecule has 3 amide bonds. The molecule has 1 saturated heterocycles. The number of hydrogen-bond acceptors (Lipinski definition) is 5. The SMILES string of the molecule is CSc1ncccc1C(=O)N1CCC(CNC(=O)C(=O)NCCc2ccccc2)CC1. The van der Waals surface area contributed by atoms with Gasteiger partial charge in [0, 0.05) is 32.4 Å². The molecule has 3 rings (SSSR count). The number of rotatable bonds is 7. The lowest BCUT2D eigenvalue weighted by Crippen LogP contribution is -2.45. The van der Waals surface area contributed by atoms with Crippen molar-refractivity contribution in [1.82, 2.24) is 20.5 Å². The van der Waals surface area contributed by atoms with Gasteiger partial charge in [0.25, 0.3) is 5.91 Å². The monoisotopic (exact) mass is 440 g/mol. The first-order valence-corrected chi connectivity index (χ1v) is 11.7. The first-order chi connectivity index (χ1) is 15.1. The van der Waals surface area contributed by atoms with E-state index in [1.165, 1.54) is 11.8 Å². The van der Waals surface area contributed by atoms with Crippen LogP contribution in [-0.2, 0) is 16.0 Å². The number of piperidine rings is 1. The zero-order chi connectivity index (χ0) is 22.1. The van der Waals surface area contributed by atoms with Gasteiger partial charge >= 0.3 is 11.8 Å². The maximum absolute atomic E-state index is 12.8. The van der Waals surface area contributed by atoms with E-state index in [4.69, 9.17) is 0 Å². The van der Waals surface area contributed by atoms with Crippen LogP contribution in [0.1, 0.15) is 28.8 Å². The molecule has 1 aliphatic rings. The number of likely N-dealkylation sites (tertiary alicyclic amines) is 1. The van der Waals surface area contributed by atoms with Crippen LogP contribution in [-0.4, -0.2) is 60.0 Å². The lowest BCUT2D eigenvalue weighted by molar-refractivity contribution is -0.139. The second kappa shape index (κ2) is 11.5. The summed E-state index contributed by atoms with van der Waals surface area (Å²) < 4.78 is 0. The van der Waals surface area contributed by atoms with Crippen LogP contribution in [0.5, 0.6) is 0 Å². The van der Waals surface area contributed by atoms with Gasteiger partial charge in [-0.1, -0.05) is 30.3 Å². The molecule has 7 nitrogen and oxygen atoms in total. The van der Waals surface area contributed by atoms with E-state index >= 15 is 0 Å². The summed E-state index contributed by atoms with van der Waals surface area (Å²) in [4.78, 5) is 42.9. The quantitative estimate of drug-likeness (QED) is 0.508. The molecule has 1 aliphatic heterocycles. The second-order valence-corrected chi connectivity index (χ2v) is 8.29. The van der Waals surface area contributed by atoms with Crippen molar-refractivity contribution in [3.63, 3.8) is 0 Å². The standard InChI is InChI=1S/C23H28N4O3S/c1-31-22-19(8-5-12-25-22)23(30)27-14-10-18(11-15-27)16-26-21(29)20(28)24-13-9-17-6-3-2-4-7-17/h2-8,12,18H,9-11,13-16H2,1H3,(H,24,28)(H,26,29). The van der Waals surface area contributed by atoms with Crippen LogP contribution in [0, 0.1) is 5.92 Å². The number of pyridine rings is 1. The van der Waals surface area contributed by atoms with Gasteiger partial charge in [0.2, 0.25) is 0 Å². The molecule has 1 fully saturated rings. The van der Waals surface area contributed by atoms with E-state index in [0.717, 1.165) is 23.4 Å². The predicted molar refractivity (Wildman–Crippen MR) is 121 cm³/mol. The Balaban J connectivity index is 1.37. The fourth-order valence-corrected chi connectivity index (χ4v) is 4.13. The maximum Gasteiger partial charge on any atom is 0.309 e. The van der Waals surface area contributed by atoms with Crippen molar-refractivity contribution in [3.8, 4) is 0 Å². The summed E-state index contributed by atoms with van der Waals surface area (Å²) in [5, 5.41) is 6.12. The first kappa shape index (κ1) is 22.8. The van der Waals surface area contributed by atoms with Crippen LogP contribution < -0.4 is 10.6 Å². The zero-order valence-corrected chi connectivity index (χ0v) is 18.5. The number of thioether (sulfide) groups is 1. The summed E-state index contributed by atoms with van der Waals surface area (Å²) in [5.41, 5.74) is 1.74. The van der Waals surface area contributed by atoms with E-state index in [0.29, 0.717) is 38.2 Å². The number of nitrogens with one attached hydrogen (secondary N) is 2. The summed E-state index contributed by atoms with van der Waals surface area (Å²) in [7, 11) is 0. The Morgan fingerprint density at radius 1 is 1.03 bits per heavy atom. The van der Waals surface area contributed by atoms with Crippen LogP contribution in [0.15, 0.2) is 53.7 Å². The van der Waals surface area contributed by atoms with Gasteiger partial charge < -0.3 is 15.5 Å². The summed E-state index contributed by atoms with van der Waals surface area (Å²) in [6.45, 7) is 2.12. The van der Waals surface area contributed by atoms with Crippen molar-refractivity contribution < 1.29 is 14.4 Å². The highest BCUT2D eigenvalue weighted by Crippen LogP contribution is 2.22. The molecule has 0 bridgehead atoms. The van der Waals surface area contributed by atoms with Crippen LogP contribution in [0.25, 0.3) is 0 Å². The van der Waals surface area contributed by atoms with E-state index < -0.39 is 11.8 Å². The number of benzene rings is 1. The van der Waals surface area contributed by atoms with Crippen LogP contribution in [0.4, 0.5) is 0 Å². The molecule has 2 aromatic rings. The van der Waals surface area contributed by atoms with Gasteiger partial charge in [-0.3, -0.25) is 14.4 Å². The molecule has 0 saturated carbocycles. The third kappa shape index (κ3) is 6.55. The van der Waals surface area contributed by atoms with E-state index in [1.54, 1.807) is 12.3 Å². The van der Waals surface area contributed by atoms with E-state index in [2.05, 4.69) is 15.6 Å². The van der Waals surface area contributed by atoms with Gasteiger partial charge in [-0.05, 0) is 49.1 Å². The average molecular weight is 441 g/mol. The van der Waals surface area contributed by atoms with Crippen molar-refractivity contribution >= 4 is 29.5 Å². The van der Waals surface area contributed by atoms with Crippen molar-refractivity contribution in [3.05, 3.63) is 59.8 Å². The van der Waals surface area contributed by atoms with Gasteiger partial charge in [-0.2, -0.15) is 0 Å². The molecule has 2 N–H and O–H groups in total. The Hall–Kier alpha value is -2.87. The van der Waals surface area contributed by atoms with Crippen molar-refractivity contribution in [2.75, 3.05) is 32.4 Å². The molecule has 0 radical (unpaired) electrons. The number of hydrogen-bond donors (Lipinski definition) is 2. The molecule has 1 aromatic heterocycles.